The van der Waals surface area contributed by atoms with Crippen LogP contribution < -0.4 is 9.47 Å². The molecule has 1 aliphatic heterocycles. The summed E-state index contributed by atoms with van der Waals surface area (Å²) in [7, 11) is 1.57. The van der Waals surface area contributed by atoms with Gasteiger partial charge in [-0.05, 0) is 66.4 Å². The summed E-state index contributed by atoms with van der Waals surface area (Å²) in [6, 6.07) is 17.0. The third-order valence-corrected chi connectivity index (χ3v) is 6.02. The topological polar surface area (TPSA) is 89.0 Å². The van der Waals surface area contributed by atoms with Gasteiger partial charge in [0.2, 0.25) is 0 Å². The van der Waals surface area contributed by atoms with Gasteiger partial charge in [0.25, 0.3) is 11.7 Å². The third-order valence-electron chi connectivity index (χ3n) is 6.02. The fourth-order valence-corrected chi connectivity index (χ4v) is 4.23. The number of aliphatic hydroxyl groups excluding tert-OH is 1. The average Bonchev–Trinajstić information content (AvgIpc) is 3.13. The molecule has 1 amide bonds. The lowest BCUT2D eigenvalue weighted by molar-refractivity contribution is -0.140. The zero-order valence-electron chi connectivity index (χ0n) is 20.9. The van der Waals surface area contributed by atoms with Crippen molar-refractivity contribution in [2.75, 3.05) is 13.7 Å². The van der Waals surface area contributed by atoms with Crippen molar-refractivity contribution in [3.05, 3.63) is 94.8 Å². The molecule has 2 aromatic carbocycles. The molecule has 3 aromatic rings. The van der Waals surface area contributed by atoms with Crippen LogP contribution in [0.3, 0.4) is 0 Å². The Balaban J connectivity index is 1.77. The SMILES string of the molecule is COc1cccc(CN2C(=O)C(=O)/C(=C(\O)c3ccc(OCC(C)C)c(C)c3)C2c2ccccn2)c1. The quantitative estimate of drug-likeness (QED) is 0.272. The molecule has 0 radical (unpaired) electrons. The maximum absolute atomic E-state index is 13.3. The Morgan fingerprint density at radius 1 is 1.08 bits per heavy atom. The van der Waals surface area contributed by atoms with Gasteiger partial charge < -0.3 is 19.5 Å². The summed E-state index contributed by atoms with van der Waals surface area (Å²) in [6.45, 7) is 6.74. The predicted octanol–water partition coefficient (Wildman–Crippen LogP) is 5.06. The van der Waals surface area contributed by atoms with Crippen molar-refractivity contribution in [2.45, 2.75) is 33.4 Å². The number of aliphatic hydroxyl groups is 1. The largest absolute Gasteiger partial charge is 0.507 e. The van der Waals surface area contributed by atoms with Gasteiger partial charge in [0.1, 0.15) is 23.3 Å². The second-order valence-electron chi connectivity index (χ2n) is 9.22. The lowest BCUT2D eigenvalue weighted by atomic mass is 9.97. The molecule has 36 heavy (non-hydrogen) atoms. The summed E-state index contributed by atoms with van der Waals surface area (Å²) in [6.07, 6.45) is 1.60. The minimum absolute atomic E-state index is 0.0110. The number of aryl methyl sites for hydroxylation is 1. The summed E-state index contributed by atoms with van der Waals surface area (Å²) in [5.74, 6) is 0.0493. The molecule has 1 N–H and O–H groups in total. The first-order chi connectivity index (χ1) is 17.3. The number of ether oxygens (including phenoxy) is 2. The number of ketones is 1. The van der Waals surface area contributed by atoms with Gasteiger partial charge >= 0.3 is 0 Å². The molecule has 0 bridgehead atoms. The van der Waals surface area contributed by atoms with Crippen molar-refractivity contribution < 1.29 is 24.2 Å². The molecule has 1 unspecified atom stereocenters. The number of carbonyl (C=O) groups is 2. The number of methoxy groups -OCH3 is 1. The molecular weight excluding hydrogens is 456 g/mol. The summed E-state index contributed by atoms with van der Waals surface area (Å²) >= 11 is 0. The Labute approximate surface area is 211 Å². The van der Waals surface area contributed by atoms with Crippen LogP contribution in [0.4, 0.5) is 0 Å². The van der Waals surface area contributed by atoms with E-state index in [1.807, 2.05) is 31.2 Å². The van der Waals surface area contributed by atoms with E-state index >= 15 is 0 Å². The smallest absolute Gasteiger partial charge is 0.296 e. The van der Waals surface area contributed by atoms with Crippen LogP contribution in [-0.4, -0.2) is 40.4 Å². The Bertz CT molecular complexity index is 1300. The molecule has 1 atom stereocenters. The van der Waals surface area contributed by atoms with Crippen LogP contribution in [0.1, 0.15) is 42.3 Å². The van der Waals surface area contributed by atoms with Crippen LogP contribution in [-0.2, 0) is 16.1 Å². The fraction of sp³-hybridized carbons (Fsp3) is 0.276. The van der Waals surface area contributed by atoms with Crippen LogP contribution in [0.2, 0.25) is 0 Å². The summed E-state index contributed by atoms with van der Waals surface area (Å²) in [5, 5.41) is 11.3. The van der Waals surface area contributed by atoms with Gasteiger partial charge in [-0.3, -0.25) is 14.6 Å². The van der Waals surface area contributed by atoms with Gasteiger partial charge in [-0.25, -0.2) is 0 Å². The van der Waals surface area contributed by atoms with Crippen molar-refractivity contribution >= 4 is 17.4 Å². The molecule has 4 rings (SSSR count). The number of carbonyl (C=O) groups excluding carboxylic acids is 2. The minimum Gasteiger partial charge on any atom is -0.507 e. The number of aromatic nitrogens is 1. The molecule has 0 spiro atoms. The Morgan fingerprint density at radius 2 is 1.89 bits per heavy atom. The monoisotopic (exact) mass is 486 g/mol. The van der Waals surface area contributed by atoms with Gasteiger partial charge in [0.05, 0.1) is 25.0 Å². The predicted molar refractivity (Wildman–Crippen MR) is 137 cm³/mol. The maximum Gasteiger partial charge on any atom is 0.296 e. The normalized spacial score (nSPS) is 17.0. The molecular formula is C29H30N2O5. The van der Waals surface area contributed by atoms with Crippen LogP contribution in [0.5, 0.6) is 11.5 Å². The van der Waals surface area contributed by atoms with Crippen molar-refractivity contribution in [2.24, 2.45) is 5.92 Å². The van der Waals surface area contributed by atoms with Crippen LogP contribution in [0.25, 0.3) is 5.76 Å². The highest BCUT2D eigenvalue weighted by Crippen LogP contribution is 2.40. The number of amides is 1. The lowest BCUT2D eigenvalue weighted by Crippen LogP contribution is -2.29. The van der Waals surface area contributed by atoms with E-state index < -0.39 is 17.7 Å². The Hall–Kier alpha value is -4.13. The molecule has 7 heteroatoms. The molecule has 0 aliphatic carbocycles. The number of hydrogen-bond donors (Lipinski definition) is 1. The van der Waals surface area contributed by atoms with Crippen LogP contribution in [0, 0.1) is 12.8 Å². The molecule has 7 nitrogen and oxygen atoms in total. The molecule has 2 heterocycles. The zero-order valence-corrected chi connectivity index (χ0v) is 20.9. The first kappa shape index (κ1) is 25.0. The molecule has 1 aromatic heterocycles. The van der Waals surface area contributed by atoms with E-state index in [-0.39, 0.29) is 17.9 Å². The van der Waals surface area contributed by atoms with Gasteiger partial charge in [0, 0.05) is 18.3 Å². The maximum atomic E-state index is 13.3. The first-order valence-electron chi connectivity index (χ1n) is 11.9. The number of nitrogens with zero attached hydrogens (tertiary/aromatic N) is 2. The van der Waals surface area contributed by atoms with Crippen molar-refractivity contribution in [1.29, 1.82) is 0 Å². The molecule has 1 fully saturated rings. The van der Waals surface area contributed by atoms with E-state index in [9.17, 15) is 14.7 Å². The van der Waals surface area contributed by atoms with Gasteiger partial charge in [-0.15, -0.1) is 0 Å². The summed E-state index contributed by atoms with van der Waals surface area (Å²) in [4.78, 5) is 32.3. The van der Waals surface area contributed by atoms with E-state index in [2.05, 4.69) is 18.8 Å². The molecule has 186 valence electrons. The highest BCUT2D eigenvalue weighted by molar-refractivity contribution is 6.46. The number of Topliss-reactive ketones (excluding diaryl/α,β-unsaturated/α-hetero) is 1. The standard InChI is InChI=1S/C29H30N2O5/c1-18(2)17-36-24-12-11-21(14-19(24)3)27(32)25-26(23-10-5-6-13-30-23)31(29(34)28(25)33)16-20-8-7-9-22(15-20)35-4/h5-15,18,26,32H,16-17H2,1-4H3/b27-25-. The molecule has 1 saturated heterocycles. The molecule has 1 aliphatic rings. The van der Waals surface area contributed by atoms with E-state index in [0.717, 1.165) is 11.1 Å². The Morgan fingerprint density at radius 3 is 2.56 bits per heavy atom. The lowest BCUT2D eigenvalue weighted by Gasteiger charge is -2.24. The first-order valence-corrected chi connectivity index (χ1v) is 11.9. The van der Waals surface area contributed by atoms with Crippen LogP contribution in [0.15, 0.2) is 72.4 Å². The van der Waals surface area contributed by atoms with Crippen LogP contribution >= 0.6 is 0 Å². The van der Waals surface area contributed by atoms with Gasteiger partial charge in [-0.1, -0.05) is 32.0 Å². The van der Waals surface area contributed by atoms with Crippen molar-refractivity contribution in [3.8, 4) is 11.5 Å². The van der Waals surface area contributed by atoms with Crippen molar-refractivity contribution in [3.63, 3.8) is 0 Å². The molecule has 0 saturated carbocycles. The summed E-state index contributed by atoms with van der Waals surface area (Å²) < 4.78 is 11.1. The zero-order chi connectivity index (χ0) is 25.8. The number of benzene rings is 2. The van der Waals surface area contributed by atoms with E-state index in [0.29, 0.717) is 35.3 Å². The number of rotatable bonds is 8. The van der Waals surface area contributed by atoms with E-state index in [4.69, 9.17) is 9.47 Å². The number of likely N-dealkylation sites (tertiary alicyclic amines) is 1. The number of pyridine rings is 1. The minimum atomic E-state index is -0.838. The van der Waals surface area contributed by atoms with Gasteiger partial charge in [-0.2, -0.15) is 0 Å². The average molecular weight is 487 g/mol. The fourth-order valence-electron chi connectivity index (χ4n) is 4.23. The summed E-state index contributed by atoms with van der Waals surface area (Å²) in [5.41, 5.74) is 2.55. The van der Waals surface area contributed by atoms with E-state index in [1.54, 1.807) is 49.7 Å². The second-order valence-corrected chi connectivity index (χ2v) is 9.22. The highest BCUT2D eigenvalue weighted by atomic mass is 16.5. The highest BCUT2D eigenvalue weighted by Gasteiger charge is 2.46. The number of hydrogen-bond acceptors (Lipinski definition) is 6. The van der Waals surface area contributed by atoms with Gasteiger partial charge in [0.15, 0.2) is 0 Å². The van der Waals surface area contributed by atoms with E-state index in [1.165, 1.54) is 4.90 Å². The van der Waals surface area contributed by atoms with Crippen molar-refractivity contribution in [1.82, 2.24) is 9.88 Å². The third kappa shape index (κ3) is 5.10. The second kappa shape index (κ2) is 10.6. The Kier molecular flexibility index (Phi) is 7.38.